The minimum Gasteiger partial charge on any atom is -0.481 e. The molecule has 6 heterocycles. The van der Waals surface area contributed by atoms with Gasteiger partial charge in [0, 0.05) is 44.0 Å². The lowest BCUT2D eigenvalue weighted by atomic mass is 9.98. The first-order valence-corrected chi connectivity index (χ1v) is 24.4. The summed E-state index contributed by atoms with van der Waals surface area (Å²) in [5.74, 6) is 3.50. The number of hydrogen-bond donors (Lipinski definition) is 5. The van der Waals surface area contributed by atoms with Crippen LogP contribution in [-0.2, 0) is 48.6 Å². The van der Waals surface area contributed by atoms with Crippen LogP contribution < -0.4 is 22.1 Å². The third kappa shape index (κ3) is 9.84. The predicted molar refractivity (Wildman–Crippen MR) is 243 cm³/mol. The van der Waals surface area contributed by atoms with Crippen LogP contribution in [0.1, 0.15) is 50.7 Å². The summed E-state index contributed by atoms with van der Waals surface area (Å²) in [5, 5.41) is 8.92. The van der Waals surface area contributed by atoms with Gasteiger partial charge in [-0.3, -0.25) is 20.4 Å². The molecule has 2 saturated heterocycles. The molecule has 0 radical (unpaired) electrons. The van der Waals surface area contributed by atoms with Crippen LogP contribution in [0.3, 0.4) is 0 Å². The Balaban J connectivity index is 0.000000152. The van der Waals surface area contributed by atoms with Gasteiger partial charge >= 0.3 is 5.97 Å². The molecule has 4 aromatic heterocycles. The molecule has 0 bridgehead atoms. The second-order valence-electron chi connectivity index (χ2n) is 17.1. The molecule has 23 heteroatoms. The van der Waals surface area contributed by atoms with E-state index in [0.29, 0.717) is 74.8 Å². The fourth-order valence-electron chi connectivity index (χ4n) is 8.81. The zero-order valence-electron chi connectivity index (χ0n) is 37.2. The Hall–Kier alpha value is -6.08. The van der Waals surface area contributed by atoms with Crippen LogP contribution in [0.2, 0.25) is 0 Å². The number of nitrogens with two attached hydrogens (primary N) is 1. The molecule has 21 nitrogen and oxygen atoms in total. The standard InChI is InChI=1S/C22H25N5O5S.C13H13N5O2S.C9H14O4/c1-14-3-5-16(6-4-14)33(29,30)27-8-7-18-20(27)23-13-19(24-18)25-26-21(28)17-12-22(11-15(17)2)31-9-10-32-22;1-9-2-4-10(5-3-9)21(19,20)18-7-6-11-13(18)15-8-12(16-11)17-14;1-6-4-9(12-2-3-13-9)5-7(6)8(10)11/h3-8,13,15,17H,9-12H2,1-2H3,(H,24,25)(H,26,28);2-8H,14H2,1H3,(H,16,17);6-7H,2-5H2,1H3,(H,10,11). The van der Waals surface area contributed by atoms with Gasteiger partial charge in [0.15, 0.2) is 34.5 Å². The van der Waals surface area contributed by atoms with Crippen LogP contribution >= 0.6 is 0 Å². The van der Waals surface area contributed by atoms with Gasteiger partial charge in [-0.05, 0) is 62.1 Å². The van der Waals surface area contributed by atoms with Crippen molar-refractivity contribution in [3.63, 3.8) is 0 Å². The Labute approximate surface area is 386 Å². The Morgan fingerprint density at radius 3 is 1.51 bits per heavy atom. The van der Waals surface area contributed by atoms with Crippen molar-refractivity contribution in [1.29, 1.82) is 0 Å². The summed E-state index contributed by atoms with van der Waals surface area (Å²) in [6.07, 6.45) is 8.01. The number of carboxylic acid groups (broad SMARTS) is 1. The summed E-state index contributed by atoms with van der Waals surface area (Å²) in [7, 11) is -7.50. The van der Waals surface area contributed by atoms with Crippen molar-refractivity contribution in [3.05, 3.63) is 96.6 Å². The summed E-state index contributed by atoms with van der Waals surface area (Å²) in [4.78, 5) is 40.8. The molecule has 356 valence electrons. The largest absolute Gasteiger partial charge is 0.481 e. The van der Waals surface area contributed by atoms with Gasteiger partial charge in [-0.15, -0.1) is 0 Å². The highest BCUT2D eigenvalue weighted by Crippen LogP contribution is 2.45. The molecule has 4 unspecified atom stereocenters. The number of aryl methyl sites for hydroxylation is 2. The van der Waals surface area contributed by atoms with Crippen molar-refractivity contribution in [2.45, 2.75) is 74.7 Å². The summed E-state index contributed by atoms with van der Waals surface area (Å²) in [6.45, 7) is 10.0. The number of nitrogens with zero attached hydrogens (tertiary/aromatic N) is 6. The number of aromatic nitrogens is 6. The Morgan fingerprint density at radius 2 is 1.07 bits per heavy atom. The van der Waals surface area contributed by atoms with Gasteiger partial charge in [-0.25, -0.2) is 50.6 Å². The number of anilines is 2. The number of carbonyl (C=O) groups is 2. The summed E-state index contributed by atoms with van der Waals surface area (Å²) < 4.78 is 75.9. The number of aliphatic carboxylic acids is 1. The van der Waals surface area contributed by atoms with E-state index >= 15 is 0 Å². The molecule has 6 aromatic rings. The number of nitrogens with one attached hydrogen (secondary N) is 3. The number of hydrazine groups is 2. The zero-order valence-corrected chi connectivity index (χ0v) is 38.8. The van der Waals surface area contributed by atoms with E-state index in [1.54, 1.807) is 60.7 Å². The van der Waals surface area contributed by atoms with E-state index in [9.17, 15) is 26.4 Å². The van der Waals surface area contributed by atoms with Crippen LogP contribution in [0.4, 0.5) is 11.6 Å². The first-order chi connectivity index (χ1) is 31.9. The van der Waals surface area contributed by atoms with Crippen molar-refractivity contribution in [2.24, 2.45) is 29.5 Å². The number of rotatable bonds is 9. The highest BCUT2D eigenvalue weighted by atomic mass is 32.2. The van der Waals surface area contributed by atoms with Crippen LogP contribution in [0.25, 0.3) is 22.3 Å². The van der Waals surface area contributed by atoms with Crippen molar-refractivity contribution < 1.29 is 50.5 Å². The van der Waals surface area contributed by atoms with Crippen LogP contribution in [-0.4, -0.2) is 99.7 Å². The van der Waals surface area contributed by atoms with Crippen LogP contribution in [0.5, 0.6) is 0 Å². The van der Waals surface area contributed by atoms with E-state index < -0.39 is 37.6 Å². The normalized spacial score (nSPS) is 21.7. The highest BCUT2D eigenvalue weighted by Gasteiger charge is 2.51. The van der Waals surface area contributed by atoms with Gasteiger partial charge in [0.2, 0.25) is 5.91 Å². The van der Waals surface area contributed by atoms with Crippen molar-refractivity contribution in [2.75, 3.05) is 37.3 Å². The van der Waals surface area contributed by atoms with E-state index in [1.807, 2.05) is 27.7 Å². The maximum absolute atomic E-state index is 13.0. The molecule has 2 aliphatic carbocycles. The van der Waals surface area contributed by atoms with Gasteiger partial charge in [-0.1, -0.05) is 49.2 Å². The molecule has 10 rings (SSSR count). The van der Waals surface area contributed by atoms with E-state index in [1.165, 1.54) is 24.8 Å². The monoisotopic (exact) mass is 960 g/mol. The van der Waals surface area contributed by atoms with Gasteiger partial charge in [0.05, 0.1) is 54.5 Å². The van der Waals surface area contributed by atoms with E-state index in [0.717, 1.165) is 19.1 Å². The number of fused-ring (bicyclic) bond motifs is 2. The van der Waals surface area contributed by atoms with Crippen LogP contribution in [0.15, 0.2) is 95.2 Å². The summed E-state index contributed by atoms with van der Waals surface area (Å²) >= 11 is 0. The van der Waals surface area contributed by atoms with Gasteiger partial charge in [0.25, 0.3) is 20.0 Å². The van der Waals surface area contributed by atoms with Crippen molar-refractivity contribution >= 4 is 65.9 Å². The van der Waals surface area contributed by atoms with E-state index in [2.05, 4.69) is 36.2 Å². The number of amides is 1. The Morgan fingerprint density at radius 1 is 0.657 bits per heavy atom. The topological polar surface area (TPSA) is 283 Å². The lowest BCUT2D eigenvalue weighted by Gasteiger charge is -2.21. The molecule has 4 fully saturated rings. The first-order valence-electron chi connectivity index (χ1n) is 21.6. The minimum atomic E-state index is -3.81. The Kier molecular flexibility index (Phi) is 13.4. The zero-order chi connectivity index (χ0) is 47.7. The molecular formula is C44H52N10O11S2. The SMILES string of the molecule is CC1CC2(CC1C(=O)O)OCCO2.Cc1ccc(S(=O)(=O)n2ccc3nc(NN)cnc32)cc1.Cc1ccc(S(=O)(=O)n2ccc3nc(NNC(=O)C4CC5(CC4C)OCCO5)cnc32)cc1. The maximum atomic E-state index is 13.0. The molecule has 2 aliphatic heterocycles. The number of carbonyl (C=O) groups excluding carboxylic acids is 1. The van der Waals surface area contributed by atoms with Gasteiger partial charge < -0.3 is 29.5 Å². The second-order valence-corrected chi connectivity index (χ2v) is 20.7. The number of carboxylic acids is 1. The molecule has 2 aromatic carbocycles. The summed E-state index contributed by atoms with van der Waals surface area (Å²) in [6, 6.07) is 16.4. The first kappa shape index (κ1) is 47.4. The lowest BCUT2D eigenvalue weighted by Crippen LogP contribution is -2.37. The van der Waals surface area contributed by atoms with Crippen molar-refractivity contribution in [1.82, 2.24) is 33.3 Å². The quantitative estimate of drug-likeness (QED) is 0.0996. The molecular weight excluding hydrogens is 909 g/mol. The number of nitrogen functional groups attached to an aromatic ring is 1. The van der Waals surface area contributed by atoms with Crippen LogP contribution in [0, 0.1) is 37.5 Å². The molecule has 6 N–H and O–H groups in total. The van der Waals surface area contributed by atoms with E-state index in [4.69, 9.17) is 29.9 Å². The van der Waals surface area contributed by atoms with Gasteiger partial charge in [-0.2, -0.15) is 0 Å². The number of benzene rings is 2. The Bertz CT molecular complexity index is 2990. The molecule has 4 aliphatic rings. The molecule has 67 heavy (non-hydrogen) atoms. The van der Waals surface area contributed by atoms with E-state index in [-0.39, 0.29) is 50.7 Å². The molecule has 1 amide bonds. The maximum Gasteiger partial charge on any atom is 0.306 e. The fourth-order valence-corrected chi connectivity index (χ4v) is 11.4. The third-order valence-electron chi connectivity index (χ3n) is 12.3. The average molecular weight is 961 g/mol. The highest BCUT2D eigenvalue weighted by molar-refractivity contribution is 7.90. The smallest absolute Gasteiger partial charge is 0.306 e. The summed E-state index contributed by atoms with van der Waals surface area (Å²) in [5.41, 5.74) is 11.1. The lowest BCUT2D eigenvalue weighted by molar-refractivity contribution is -0.159. The molecule has 4 atom stereocenters. The third-order valence-corrected chi connectivity index (χ3v) is 15.7. The minimum absolute atomic E-state index is 0.111. The second kappa shape index (κ2) is 18.9. The van der Waals surface area contributed by atoms with Gasteiger partial charge in [0.1, 0.15) is 11.0 Å². The molecule has 2 saturated carbocycles. The average Bonchev–Trinajstić information content (AvgIpc) is 4.18. The number of hydrogen-bond acceptors (Lipinski definition) is 17. The number of ether oxygens (including phenoxy) is 4. The molecule has 2 spiro atoms. The fraction of sp³-hybridized carbons (Fsp3) is 0.409. The predicted octanol–water partition coefficient (Wildman–Crippen LogP) is 4.33. The van der Waals surface area contributed by atoms with Crippen molar-refractivity contribution in [3.8, 4) is 0 Å².